The largest absolute Gasteiger partial charge is 0.481 e. The first-order valence-corrected chi connectivity index (χ1v) is 16.7. The van der Waals surface area contributed by atoms with Crippen LogP contribution in [-0.2, 0) is 33.6 Å². The van der Waals surface area contributed by atoms with Crippen molar-refractivity contribution in [2.75, 3.05) is 39.3 Å². The third-order valence-electron chi connectivity index (χ3n) is 7.16. The molecule has 0 aliphatic carbocycles. The van der Waals surface area contributed by atoms with Gasteiger partial charge in [-0.25, -0.2) is 15.2 Å². The Labute approximate surface area is 282 Å². The number of carboxylic acids is 1. The van der Waals surface area contributed by atoms with Crippen LogP contribution in [0.4, 0.5) is 0 Å². The minimum atomic E-state index is -1.12. The van der Waals surface area contributed by atoms with Crippen molar-refractivity contribution in [1.29, 1.82) is 0 Å². The molecular formula is C31H56N6O11. The molecule has 0 aliphatic heterocycles. The number of aliphatic carboxylic acids is 1. The molecule has 0 saturated carbocycles. The molecule has 17 nitrogen and oxygen atoms in total. The van der Waals surface area contributed by atoms with E-state index in [4.69, 9.17) is 5.11 Å². The molecule has 17 heteroatoms. The van der Waals surface area contributed by atoms with Gasteiger partial charge in [-0.15, -0.1) is 0 Å². The number of nitrogens with zero attached hydrogens (tertiary/aromatic N) is 3. The first-order chi connectivity index (χ1) is 22.7. The third kappa shape index (κ3) is 24.4. The van der Waals surface area contributed by atoms with Crippen molar-refractivity contribution in [3.05, 3.63) is 0 Å². The van der Waals surface area contributed by atoms with Crippen molar-refractivity contribution in [2.45, 2.75) is 110 Å². The summed E-state index contributed by atoms with van der Waals surface area (Å²) in [7, 11) is 0. The Morgan fingerprint density at radius 1 is 0.479 bits per heavy atom. The van der Waals surface area contributed by atoms with Crippen LogP contribution in [0.5, 0.6) is 0 Å². The molecule has 0 aliphatic rings. The van der Waals surface area contributed by atoms with Crippen molar-refractivity contribution in [3.8, 4) is 0 Å². The number of hydrogen-bond acceptors (Lipinski definition) is 10. The van der Waals surface area contributed by atoms with E-state index in [9.17, 15) is 49.2 Å². The first-order valence-electron chi connectivity index (χ1n) is 16.7. The number of rotatable bonds is 28. The molecule has 0 radical (unpaired) electrons. The zero-order valence-corrected chi connectivity index (χ0v) is 28.4. The predicted octanol–water partition coefficient (Wildman–Crippen LogP) is 1.58. The zero-order chi connectivity index (χ0) is 36.3. The van der Waals surface area contributed by atoms with Crippen LogP contribution in [-0.4, -0.2) is 117 Å². The number of carbonyl (C=O) groups excluding carboxylic acids is 6. The van der Waals surface area contributed by atoms with Gasteiger partial charge in [-0.05, 0) is 57.8 Å². The monoisotopic (exact) mass is 688 g/mol. The topological polar surface area (TPSA) is 246 Å². The lowest BCUT2D eigenvalue weighted by atomic mass is 10.2. The Balaban J connectivity index is 3.80. The molecule has 0 spiro atoms. The molecule has 7 N–H and O–H groups in total. The maximum atomic E-state index is 12.1. The van der Waals surface area contributed by atoms with Gasteiger partial charge in [0.2, 0.25) is 35.4 Å². The van der Waals surface area contributed by atoms with Crippen LogP contribution in [0.1, 0.15) is 110 Å². The van der Waals surface area contributed by atoms with Gasteiger partial charge in [0.05, 0.1) is 6.42 Å². The Kier molecular flexibility index (Phi) is 25.0. The molecule has 6 amide bonds. The third-order valence-corrected chi connectivity index (χ3v) is 7.16. The van der Waals surface area contributed by atoms with Gasteiger partial charge in [0.25, 0.3) is 0 Å². The minimum Gasteiger partial charge on any atom is -0.481 e. The van der Waals surface area contributed by atoms with Crippen LogP contribution < -0.4 is 16.0 Å². The van der Waals surface area contributed by atoms with Crippen LogP contribution in [0.25, 0.3) is 0 Å². The fourth-order valence-electron chi connectivity index (χ4n) is 4.15. The van der Waals surface area contributed by atoms with E-state index < -0.39 is 23.7 Å². The number of unbranched alkanes of at least 4 members (excludes halogenated alkanes) is 6. The smallest absolute Gasteiger partial charge is 0.303 e. The maximum absolute atomic E-state index is 12.1. The minimum absolute atomic E-state index is 0.0146. The normalized spacial score (nSPS) is 10.7. The quantitative estimate of drug-likeness (QED) is 0.0353. The van der Waals surface area contributed by atoms with E-state index in [-0.39, 0.29) is 81.8 Å². The van der Waals surface area contributed by atoms with E-state index >= 15 is 0 Å². The summed E-state index contributed by atoms with van der Waals surface area (Å²) >= 11 is 0. The Bertz CT molecular complexity index is 1010. The van der Waals surface area contributed by atoms with Gasteiger partial charge in [-0.3, -0.25) is 49.2 Å². The Hall–Kier alpha value is -3.83. The second-order valence-corrected chi connectivity index (χ2v) is 11.8. The number of amides is 6. The van der Waals surface area contributed by atoms with E-state index in [1.165, 1.54) is 0 Å². The molecule has 0 fully saturated rings. The van der Waals surface area contributed by atoms with Crippen molar-refractivity contribution < 1.29 is 54.3 Å². The van der Waals surface area contributed by atoms with Gasteiger partial charge in [-0.2, -0.15) is 0 Å². The predicted molar refractivity (Wildman–Crippen MR) is 171 cm³/mol. The van der Waals surface area contributed by atoms with Crippen LogP contribution in [0.3, 0.4) is 0 Å². The molecule has 0 bridgehead atoms. The number of carboxylic acid groups (broad SMARTS) is 1. The Morgan fingerprint density at radius 2 is 0.812 bits per heavy atom. The average molecular weight is 689 g/mol. The lowest BCUT2D eigenvalue weighted by Crippen LogP contribution is -2.31. The van der Waals surface area contributed by atoms with Gasteiger partial charge in [0.1, 0.15) is 0 Å². The second-order valence-electron chi connectivity index (χ2n) is 11.8. The first kappa shape index (κ1) is 44.2. The molecule has 0 aromatic heterocycles. The number of hydrogen-bond donors (Lipinski definition) is 7. The molecule has 0 saturated heterocycles. The summed E-state index contributed by atoms with van der Waals surface area (Å²) < 4.78 is 0. The molecule has 0 heterocycles. The van der Waals surface area contributed by atoms with Crippen molar-refractivity contribution in [3.63, 3.8) is 0 Å². The molecule has 0 rings (SSSR count). The van der Waals surface area contributed by atoms with Crippen molar-refractivity contribution >= 4 is 41.4 Å². The van der Waals surface area contributed by atoms with Crippen LogP contribution in [0.15, 0.2) is 0 Å². The molecule has 0 aromatic rings. The molecule has 0 unspecified atom stereocenters. The van der Waals surface area contributed by atoms with Crippen LogP contribution in [0, 0.1) is 5.92 Å². The van der Waals surface area contributed by atoms with Gasteiger partial charge in [0, 0.05) is 77.3 Å². The Morgan fingerprint density at radius 3 is 1.15 bits per heavy atom. The van der Waals surface area contributed by atoms with E-state index in [0.717, 1.165) is 12.8 Å². The number of nitrogens with one attached hydrogen (secondary N) is 3. The molecular weight excluding hydrogens is 632 g/mol. The number of hydroxylamine groups is 6. The van der Waals surface area contributed by atoms with Gasteiger partial charge < -0.3 is 21.1 Å². The summed E-state index contributed by atoms with van der Waals surface area (Å²) in [5.41, 5.74) is 0. The maximum Gasteiger partial charge on any atom is 0.303 e. The summed E-state index contributed by atoms with van der Waals surface area (Å²) in [6, 6.07) is 0. The molecule has 276 valence electrons. The highest BCUT2D eigenvalue weighted by Gasteiger charge is 2.15. The van der Waals surface area contributed by atoms with E-state index in [2.05, 4.69) is 16.0 Å². The highest BCUT2D eigenvalue weighted by molar-refractivity contribution is 5.84. The summed E-state index contributed by atoms with van der Waals surface area (Å²) in [6.45, 7) is 5.13. The van der Waals surface area contributed by atoms with Crippen LogP contribution >= 0.6 is 0 Å². The fraction of sp³-hybridized carbons (Fsp3) is 0.774. The number of carbonyl (C=O) groups is 7. The van der Waals surface area contributed by atoms with Crippen molar-refractivity contribution in [1.82, 2.24) is 31.1 Å². The average Bonchev–Trinajstić information content (AvgIpc) is 3.05. The van der Waals surface area contributed by atoms with E-state index in [0.29, 0.717) is 79.8 Å². The SMILES string of the molecule is CC(C)C(=O)NCCCCCN(O)C(=O)CCC(=O)NCCCCCN(O)C(=O)CCC(=O)NCCCCCN(O)C(=O)CCC(=O)O. The van der Waals surface area contributed by atoms with Gasteiger partial charge >= 0.3 is 5.97 Å². The lowest BCUT2D eigenvalue weighted by molar-refractivity contribution is -0.166. The summed E-state index contributed by atoms with van der Waals surface area (Å²) in [5, 5.41) is 47.8. The van der Waals surface area contributed by atoms with Gasteiger partial charge in [-0.1, -0.05) is 13.8 Å². The van der Waals surface area contributed by atoms with E-state index in [1.807, 2.05) is 13.8 Å². The van der Waals surface area contributed by atoms with E-state index in [1.54, 1.807) is 0 Å². The summed E-state index contributed by atoms with van der Waals surface area (Å²) in [5.74, 6) is -3.69. The molecule has 0 aromatic carbocycles. The highest BCUT2D eigenvalue weighted by Crippen LogP contribution is 2.04. The summed E-state index contributed by atoms with van der Waals surface area (Å²) in [4.78, 5) is 81.6. The second kappa shape index (κ2) is 27.2. The fourth-order valence-corrected chi connectivity index (χ4v) is 4.15. The van der Waals surface area contributed by atoms with Gasteiger partial charge in [0.15, 0.2) is 0 Å². The van der Waals surface area contributed by atoms with Crippen LogP contribution in [0.2, 0.25) is 0 Å². The zero-order valence-electron chi connectivity index (χ0n) is 28.4. The highest BCUT2D eigenvalue weighted by atomic mass is 16.5. The summed E-state index contributed by atoms with van der Waals surface area (Å²) in [6.07, 6.45) is 4.25. The standard InChI is InChI=1S/C31H56N6O11/c1-24(2)31(45)34-20-8-5-11-22-36(47)28(41)15-13-26(39)32-18-6-3-9-21-35(46)27(40)14-12-25(38)33-19-7-4-10-23-37(48)29(42)16-17-30(43)44/h24,46-48H,3-23H2,1-2H3,(H,32,39)(H,33,38)(H,34,45)(H,43,44). The van der Waals surface area contributed by atoms with Crippen molar-refractivity contribution in [2.24, 2.45) is 5.92 Å². The molecule has 0 atom stereocenters. The molecule has 48 heavy (non-hydrogen) atoms. The lowest BCUT2D eigenvalue weighted by Gasteiger charge is -2.15.